The van der Waals surface area contributed by atoms with Gasteiger partial charge in [0, 0.05) is 30.4 Å². The van der Waals surface area contributed by atoms with Crippen LogP contribution >= 0.6 is 0 Å². The molecule has 2 fully saturated rings. The van der Waals surface area contributed by atoms with Crippen molar-refractivity contribution in [1.82, 2.24) is 15.1 Å². The van der Waals surface area contributed by atoms with Crippen LogP contribution in [0.1, 0.15) is 38.7 Å². The predicted molar refractivity (Wildman–Crippen MR) is 142 cm³/mol. The molecule has 0 spiro atoms. The van der Waals surface area contributed by atoms with E-state index < -0.39 is 49.1 Å². The molecule has 0 bridgehead atoms. The van der Waals surface area contributed by atoms with Crippen LogP contribution in [0.25, 0.3) is 11.0 Å². The number of likely N-dealkylation sites (tertiary alicyclic amines) is 2. The molecule has 2 saturated heterocycles. The zero-order valence-electron chi connectivity index (χ0n) is 22.5. The summed E-state index contributed by atoms with van der Waals surface area (Å²) in [6.07, 6.45) is 2.99. The van der Waals surface area contributed by atoms with E-state index in [4.69, 9.17) is 9.15 Å². The maximum atomic E-state index is 13.7. The van der Waals surface area contributed by atoms with Crippen molar-refractivity contribution in [2.75, 3.05) is 26.2 Å². The summed E-state index contributed by atoms with van der Waals surface area (Å²) in [7, 11) is -1.87. The molecule has 3 N–H and O–H groups in total. The number of benzene rings is 1. The Morgan fingerprint density at radius 1 is 1.35 bits per heavy atom. The molecular formula is C27H33BF2N4O6. The Morgan fingerprint density at radius 3 is 2.77 bits per heavy atom. The third-order valence-corrected chi connectivity index (χ3v) is 7.54. The Kier molecular flexibility index (Phi) is 8.82. The van der Waals surface area contributed by atoms with Gasteiger partial charge in [0.25, 0.3) is 11.8 Å². The number of amides is 2. The summed E-state index contributed by atoms with van der Waals surface area (Å²) in [4.78, 5) is 28.8. The first-order valence-electron chi connectivity index (χ1n) is 13.2. The predicted octanol–water partition coefficient (Wildman–Crippen LogP) is 2.64. The lowest BCUT2D eigenvalue weighted by molar-refractivity contribution is -0.128. The average Bonchev–Trinajstić information content (AvgIpc) is 3.64. The molecule has 10 nitrogen and oxygen atoms in total. The SMILES string of the molecule is CC(C)(/C=C(\C#N)C(=O)N1CCC[C@@H]1COC(=O)N[C@@H](Cc1coc2ccccc12)B(O)O)N1CCC(F)(F)C1. The number of ether oxygens (including phenoxy) is 1. The summed E-state index contributed by atoms with van der Waals surface area (Å²) in [5.74, 6) is -4.44. The summed E-state index contributed by atoms with van der Waals surface area (Å²) in [6, 6.07) is 8.64. The zero-order valence-corrected chi connectivity index (χ0v) is 22.5. The van der Waals surface area contributed by atoms with Crippen LogP contribution in [0.4, 0.5) is 13.6 Å². The number of nitrogens with zero attached hydrogens (tertiary/aromatic N) is 3. The first-order valence-corrected chi connectivity index (χ1v) is 13.2. The van der Waals surface area contributed by atoms with E-state index in [1.807, 2.05) is 24.3 Å². The highest BCUT2D eigenvalue weighted by molar-refractivity contribution is 6.43. The van der Waals surface area contributed by atoms with Gasteiger partial charge in [-0.2, -0.15) is 5.26 Å². The second-order valence-electron chi connectivity index (χ2n) is 10.9. The molecule has 3 heterocycles. The molecule has 0 unspecified atom stereocenters. The number of nitrogens with one attached hydrogen (secondary N) is 1. The van der Waals surface area contributed by atoms with Gasteiger partial charge in [0.05, 0.1) is 24.8 Å². The molecule has 4 rings (SSSR count). The molecule has 0 aliphatic carbocycles. The summed E-state index contributed by atoms with van der Waals surface area (Å²) < 4.78 is 38.3. The highest BCUT2D eigenvalue weighted by Gasteiger charge is 2.43. The van der Waals surface area contributed by atoms with Crippen LogP contribution in [0.3, 0.4) is 0 Å². The van der Waals surface area contributed by atoms with Gasteiger partial charge in [-0.05, 0) is 50.8 Å². The maximum absolute atomic E-state index is 13.7. The number of hydrogen-bond donors (Lipinski definition) is 3. The number of halogens is 2. The Labute approximate surface area is 231 Å². The molecular weight excluding hydrogens is 525 g/mol. The molecule has 0 saturated carbocycles. The topological polar surface area (TPSA) is 139 Å². The van der Waals surface area contributed by atoms with E-state index >= 15 is 0 Å². The van der Waals surface area contributed by atoms with Gasteiger partial charge < -0.3 is 29.4 Å². The smallest absolute Gasteiger partial charge is 0.464 e. The van der Waals surface area contributed by atoms with Crippen molar-refractivity contribution < 1.29 is 37.6 Å². The first kappa shape index (κ1) is 29.5. The molecule has 1 aromatic carbocycles. The van der Waals surface area contributed by atoms with Crippen molar-refractivity contribution in [3.63, 3.8) is 0 Å². The number of alkyl halides is 2. The normalized spacial score (nSPS) is 20.4. The van der Waals surface area contributed by atoms with E-state index in [0.29, 0.717) is 30.5 Å². The van der Waals surface area contributed by atoms with Gasteiger partial charge >= 0.3 is 13.2 Å². The van der Waals surface area contributed by atoms with Gasteiger partial charge in [-0.25, -0.2) is 13.6 Å². The minimum absolute atomic E-state index is 0.0763. The largest absolute Gasteiger partial charge is 0.475 e. The fourth-order valence-electron chi connectivity index (χ4n) is 5.27. The molecule has 40 heavy (non-hydrogen) atoms. The van der Waals surface area contributed by atoms with E-state index in [-0.39, 0.29) is 31.6 Å². The van der Waals surface area contributed by atoms with Crippen molar-refractivity contribution in [3.05, 3.63) is 47.7 Å². The standard InChI is InChI=1S/C27H33BF2N4O6/c1-26(2,33-11-9-27(29,30)17-33)13-19(14-31)24(35)34-10-5-6-20(34)16-40-25(36)32-23(28(37)38)12-18-15-39-22-8-4-3-7-21(18)22/h3-4,7-8,13,15,20,23,37-38H,5-6,9-12,16-17H2,1-2H3,(H,32,36)/b19-13+/t20-,23+/m1/s1. The number of rotatable bonds is 9. The fraction of sp³-hybridized carbons (Fsp3) is 0.519. The van der Waals surface area contributed by atoms with Crippen LogP contribution in [0.2, 0.25) is 0 Å². The summed E-state index contributed by atoms with van der Waals surface area (Å²) >= 11 is 0. The van der Waals surface area contributed by atoms with Gasteiger partial charge in [0.15, 0.2) is 0 Å². The first-order chi connectivity index (χ1) is 18.9. The number of furan rings is 1. The van der Waals surface area contributed by atoms with Gasteiger partial charge in [-0.15, -0.1) is 0 Å². The van der Waals surface area contributed by atoms with Crippen LogP contribution in [0.15, 0.2) is 46.6 Å². The Morgan fingerprint density at radius 2 is 2.10 bits per heavy atom. The Hall–Kier alpha value is -3.47. The molecule has 1 aromatic heterocycles. The molecule has 214 valence electrons. The quantitative estimate of drug-likeness (QED) is 0.243. The Bertz CT molecular complexity index is 1310. The highest BCUT2D eigenvalue weighted by Crippen LogP contribution is 2.33. The van der Waals surface area contributed by atoms with Gasteiger partial charge in [0.2, 0.25) is 0 Å². The van der Waals surface area contributed by atoms with Crippen LogP contribution in [-0.4, -0.2) is 88.7 Å². The molecule has 2 aliphatic heterocycles. The van der Waals surface area contributed by atoms with Crippen LogP contribution in [0.5, 0.6) is 0 Å². The number of hydrogen-bond acceptors (Lipinski definition) is 8. The van der Waals surface area contributed by atoms with Crippen molar-refractivity contribution in [2.45, 2.75) is 63.0 Å². The Balaban J connectivity index is 1.35. The van der Waals surface area contributed by atoms with E-state index in [0.717, 1.165) is 5.39 Å². The minimum atomic E-state index is -2.81. The summed E-state index contributed by atoms with van der Waals surface area (Å²) in [5.41, 5.74) is 0.210. The molecule has 0 radical (unpaired) electrons. The highest BCUT2D eigenvalue weighted by atomic mass is 19.3. The van der Waals surface area contributed by atoms with Gasteiger partial charge in [0.1, 0.15) is 23.8 Å². The summed E-state index contributed by atoms with van der Waals surface area (Å²) in [6.45, 7) is 3.26. The number of para-hydroxylation sites is 1. The van der Waals surface area contributed by atoms with E-state index in [9.17, 15) is 33.7 Å². The van der Waals surface area contributed by atoms with Gasteiger partial charge in [-0.1, -0.05) is 18.2 Å². The molecule has 2 atom stereocenters. The van der Waals surface area contributed by atoms with E-state index in [2.05, 4.69) is 5.32 Å². The average molecular weight is 558 g/mol. The van der Waals surface area contributed by atoms with E-state index in [1.54, 1.807) is 24.8 Å². The minimum Gasteiger partial charge on any atom is -0.464 e. The second-order valence-corrected chi connectivity index (χ2v) is 10.9. The lowest BCUT2D eigenvalue weighted by Gasteiger charge is -2.33. The number of alkyl carbamates (subject to hydrolysis) is 1. The lowest BCUT2D eigenvalue weighted by Crippen LogP contribution is -2.49. The lowest BCUT2D eigenvalue weighted by atomic mass is 9.76. The second kappa shape index (κ2) is 12.0. The van der Waals surface area contributed by atoms with Gasteiger partial charge in [-0.3, -0.25) is 9.69 Å². The maximum Gasteiger partial charge on any atom is 0.475 e. The van der Waals surface area contributed by atoms with Crippen molar-refractivity contribution in [3.8, 4) is 6.07 Å². The van der Waals surface area contributed by atoms with Crippen LogP contribution in [0, 0.1) is 11.3 Å². The fourth-order valence-corrected chi connectivity index (χ4v) is 5.27. The molecule has 2 aliphatic rings. The third kappa shape index (κ3) is 6.81. The third-order valence-electron chi connectivity index (χ3n) is 7.54. The number of carbonyl (C=O) groups is 2. The monoisotopic (exact) mass is 558 g/mol. The van der Waals surface area contributed by atoms with Crippen molar-refractivity contribution in [2.24, 2.45) is 0 Å². The van der Waals surface area contributed by atoms with Crippen LogP contribution in [-0.2, 0) is 16.0 Å². The zero-order chi connectivity index (χ0) is 29.1. The molecule has 13 heteroatoms. The summed E-state index contributed by atoms with van der Waals surface area (Å²) in [5, 5.41) is 32.6. The number of fused-ring (bicyclic) bond motifs is 1. The number of nitriles is 1. The van der Waals surface area contributed by atoms with Crippen molar-refractivity contribution >= 4 is 30.1 Å². The van der Waals surface area contributed by atoms with Crippen molar-refractivity contribution in [1.29, 1.82) is 5.26 Å². The molecule has 2 aromatic rings. The molecule has 2 amide bonds. The number of carbonyl (C=O) groups excluding carboxylic acids is 2. The van der Waals surface area contributed by atoms with E-state index in [1.165, 1.54) is 17.2 Å². The van der Waals surface area contributed by atoms with Crippen LogP contribution < -0.4 is 5.32 Å².